The maximum absolute atomic E-state index is 12.3. The molecular formula is C20H16N2O4S. The van der Waals surface area contributed by atoms with Crippen molar-refractivity contribution in [2.75, 3.05) is 6.54 Å². The van der Waals surface area contributed by atoms with Gasteiger partial charge in [0.2, 0.25) is 10.0 Å². The average Bonchev–Trinajstić information content (AvgIpc) is 2.70. The van der Waals surface area contributed by atoms with Crippen molar-refractivity contribution in [3.63, 3.8) is 0 Å². The summed E-state index contributed by atoms with van der Waals surface area (Å²) in [6, 6.07) is 21.0. The molecule has 3 rings (SSSR count). The second kappa shape index (κ2) is 7.99. The average molecular weight is 380 g/mol. The van der Waals surface area contributed by atoms with E-state index < -0.39 is 22.5 Å². The van der Waals surface area contributed by atoms with Crippen LogP contribution in [-0.2, 0) is 26.2 Å². The van der Waals surface area contributed by atoms with Crippen LogP contribution in [0.15, 0.2) is 71.6 Å². The molecule has 6 nitrogen and oxygen atoms in total. The first kappa shape index (κ1) is 18.6. The molecule has 3 aromatic rings. The van der Waals surface area contributed by atoms with Crippen LogP contribution >= 0.6 is 0 Å². The zero-order chi connectivity index (χ0) is 19.3. The Bertz CT molecular complexity index is 1130. The van der Waals surface area contributed by atoms with E-state index in [1.807, 2.05) is 48.5 Å². The molecule has 0 spiro atoms. The van der Waals surface area contributed by atoms with Crippen molar-refractivity contribution < 1.29 is 17.9 Å². The molecule has 0 aliphatic heterocycles. The van der Waals surface area contributed by atoms with Gasteiger partial charge in [0.1, 0.15) is 19.2 Å². The van der Waals surface area contributed by atoms with Crippen molar-refractivity contribution in [1.82, 2.24) is 4.72 Å². The van der Waals surface area contributed by atoms with Crippen molar-refractivity contribution >= 4 is 26.8 Å². The molecule has 0 heterocycles. The lowest BCUT2D eigenvalue weighted by Crippen LogP contribution is -2.31. The number of benzene rings is 3. The van der Waals surface area contributed by atoms with E-state index in [2.05, 4.69) is 4.72 Å². The van der Waals surface area contributed by atoms with E-state index in [1.54, 1.807) is 6.07 Å². The molecule has 3 aromatic carbocycles. The zero-order valence-electron chi connectivity index (χ0n) is 14.3. The van der Waals surface area contributed by atoms with E-state index in [4.69, 9.17) is 10.00 Å². The Hall–Kier alpha value is -3.21. The van der Waals surface area contributed by atoms with Gasteiger partial charge in [0, 0.05) is 0 Å². The fraction of sp³-hybridized carbons (Fsp3) is 0.100. The largest absolute Gasteiger partial charge is 0.460 e. The minimum Gasteiger partial charge on any atom is -0.460 e. The third kappa shape index (κ3) is 4.31. The molecule has 0 radical (unpaired) electrons. The monoisotopic (exact) mass is 380 g/mol. The van der Waals surface area contributed by atoms with Gasteiger partial charge in [-0.25, -0.2) is 8.42 Å². The summed E-state index contributed by atoms with van der Waals surface area (Å²) in [5.74, 6) is -0.707. The Morgan fingerprint density at radius 3 is 2.52 bits per heavy atom. The van der Waals surface area contributed by atoms with Gasteiger partial charge in [0.25, 0.3) is 0 Å². The lowest BCUT2D eigenvalue weighted by molar-refractivity contribution is -0.143. The summed E-state index contributed by atoms with van der Waals surface area (Å²) in [4.78, 5) is 11.8. The molecule has 0 aromatic heterocycles. The molecule has 0 aliphatic rings. The molecule has 1 N–H and O–H groups in total. The van der Waals surface area contributed by atoms with Crippen LogP contribution in [0.25, 0.3) is 10.8 Å². The van der Waals surface area contributed by atoms with Gasteiger partial charge in [-0.2, -0.15) is 9.98 Å². The van der Waals surface area contributed by atoms with Crippen molar-refractivity contribution in [3.8, 4) is 6.07 Å². The van der Waals surface area contributed by atoms with Gasteiger partial charge in [0.15, 0.2) is 0 Å². The van der Waals surface area contributed by atoms with Crippen molar-refractivity contribution in [2.24, 2.45) is 0 Å². The van der Waals surface area contributed by atoms with Gasteiger partial charge in [-0.1, -0.05) is 54.6 Å². The minimum absolute atomic E-state index is 0.00845. The molecule has 0 saturated carbocycles. The number of ether oxygens (including phenoxy) is 1. The molecule has 27 heavy (non-hydrogen) atoms. The lowest BCUT2D eigenvalue weighted by atomic mass is 10.1. The van der Waals surface area contributed by atoms with Gasteiger partial charge in [0.05, 0.1) is 10.5 Å². The molecule has 0 saturated heterocycles. The maximum Gasteiger partial charge on any atom is 0.321 e. The normalized spacial score (nSPS) is 11.1. The Kier molecular flexibility index (Phi) is 5.50. The van der Waals surface area contributed by atoms with Crippen LogP contribution in [0.5, 0.6) is 0 Å². The standard InChI is InChI=1S/C20H16N2O4S/c21-12-16-7-2-4-11-19(16)27(24,25)22-13-20(23)26-14-17-9-5-8-15-6-1-3-10-18(15)17/h1-11,22H,13-14H2. The highest BCUT2D eigenvalue weighted by atomic mass is 32.2. The Morgan fingerprint density at radius 2 is 1.70 bits per heavy atom. The van der Waals surface area contributed by atoms with Crippen molar-refractivity contribution in [2.45, 2.75) is 11.5 Å². The predicted octanol–water partition coefficient (Wildman–Crippen LogP) is 2.73. The van der Waals surface area contributed by atoms with Crippen LogP contribution in [0.3, 0.4) is 0 Å². The van der Waals surface area contributed by atoms with Gasteiger partial charge < -0.3 is 4.74 Å². The second-order valence-corrected chi connectivity index (χ2v) is 7.47. The molecule has 0 unspecified atom stereocenters. The van der Waals surface area contributed by atoms with E-state index in [-0.39, 0.29) is 17.1 Å². The number of esters is 1. The fourth-order valence-electron chi connectivity index (χ4n) is 2.65. The summed E-state index contributed by atoms with van der Waals surface area (Å²) < 4.78 is 32.0. The number of sulfonamides is 1. The smallest absolute Gasteiger partial charge is 0.321 e. The van der Waals surface area contributed by atoms with Crippen LogP contribution in [-0.4, -0.2) is 20.9 Å². The third-order valence-electron chi connectivity index (χ3n) is 3.97. The fourth-order valence-corrected chi connectivity index (χ4v) is 3.78. The summed E-state index contributed by atoms with van der Waals surface area (Å²) in [6.07, 6.45) is 0. The number of hydrogen-bond donors (Lipinski definition) is 1. The number of fused-ring (bicyclic) bond motifs is 1. The van der Waals surface area contributed by atoms with E-state index in [9.17, 15) is 13.2 Å². The van der Waals surface area contributed by atoms with E-state index in [0.29, 0.717) is 0 Å². The van der Waals surface area contributed by atoms with Crippen LogP contribution in [0, 0.1) is 11.3 Å². The number of hydrogen-bond acceptors (Lipinski definition) is 5. The summed E-state index contributed by atoms with van der Waals surface area (Å²) in [5, 5.41) is 11.0. The number of nitrogens with zero attached hydrogens (tertiary/aromatic N) is 1. The molecule has 0 amide bonds. The molecule has 136 valence electrons. The third-order valence-corrected chi connectivity index (χ3v) is 5.43. The van der Waals surface area contributed by atoms with E-state index in [1.165, 1.54) is 18.2 Å². The summed E-state index contributed by atoms with van der Waals surface area (Å²) in [6.45, 7) is -0.483. The first-order valence-electron chi connectivity index (χ1n) is 8.12. The number of carbonyl (C=O) groups excluding carboxylic acids is 1. The molecule has 0 atom stereocenters. The van der Waals surface area contributed by atoms with E-state index in [0.717, 1.165) is 16.3 Å². The first-order chi connectivity index (χ1) is 13.0. The van der Waals surface area contributed by atoms with Gasteiger partial charge >= 0.3 is 5.97 Å². The highest BCUT2D eigenvalue weighted by Gasteiger charge is 2.19. The number of nitrogens with one attached hydrogen (secondary N) is 1. The van der Waals surface area contributed by atoms with Crippen molar-refractivity contribution in [3.05, 3.63) is 77.9 Å². The maximum atomic E-state index is 12.3. The molecule has 0 aliphatic carbocycles. The second-order valence-electron chi connectivity index (χ2n) is 5.73. The predicted molar refractivity (Wildman–Crippen MR) is 100 cm³/mol. The number of nitriles is 1. The molecule has 7 heteroatoms. The first-order valence-corrected chi connectivity index (χ1v) is 9.60. The highest BCUT2D eigenvalue weighted by molar-refractivity contribution is 7.89. The van der Waals surface area contributed by atoms with Crippen LogP contribution < -0.4 is 4.72 Å². The Balaban J connectivity index is 1.64. The quantitative estimate of drug-likeness (QED) is 0.663. The summed E-state index contributed by atoms with van der Waals surface area (Å²) in [5.41, 5.74) is 0.841. The van der Waals surface area contributed by atoms with Crippen LogP contribution in [0.2, 0.25) is 0 Å². The number of carbonyl (C=O) groups is 1. The lowest BCUT2D eigenvalue weighted by Gasteiger charge is -2.10. The topological polar surface area (TPSA) is 96.3 Å². The molecular weight excluding hydrogens is 364 g/mol. The van der Waals surface area contributed by atoms with Crippen molar-refractivity contribution in [1.29, 1.82) is 5.26 Å². The summed E-state index contributed by atoms with van der Waals surface area (Å²) in [7, 11) is -3.99. The van der Waals surface area contributed by atoms with E-state index >= 15 is 0 Å². The SMILES string of the molecule is N#Cc1ccccc1S(=O)(=O)NCC(=O)OCc1cccc2ccccc12. The highest BCUT2D eigenvalue weighted by Crippen LogP contribution is 2.19. The Morgan fingerprint density at radius 1 is 1.00 bits per heavy atom. The minimum atomic E-state index is -3.99. The number of rotatable bonds is 6. The van der Waals surface area contributed by atoms with Gasteiger partial charge in [-0.15, -0.1) is 0 Å². The Labute approximate surface area is 157 Å². The van der Waals surface area contributed by atoms with Crippen LogP contribution in [0.4, 0.5) is 0 Å². The molecule has 0 fully saturated rings. The molecule has 0 bridgehead atoms. The van der Waals surface area contributed by atoms with Gasteiger partial charge in [-0.3, -0.25) is 4.79 Å². The van der Waals surface area contributed by atoms with Gasteiger partial charge in [-0.05, 0) is 28.5 Å². The summed E-state index contributed by atoms with van der Waals surface area (Å²) >= 11 is 0. The van der Waals surface area contributed by atoms with Crippen LogP contribution in [0.1, 0.15) is 11.1 Å². The zero-order valence-corrected chi connectivity index (χ0v) is 15.1.